The van der Waals surface area contributed by atoms with E-state index >= 15 is 0 Å². The Morgan fingerprint density at radius 3 is 2.07 bits per heavy atom. The lowest BCUT2D eigenvalue weighted by atomic mass is 10.1. The van der Waals surface area contributed by atoms with Crippen molar-refractivity contribution in [2.75, 3.05) is 45.8 Å². The van der Waals surface area contributed by atoms with Crippen molar-refractivity contribution < 1.29 is 43.8 Å². The summed E-state index contributed by atoms with van der Waals surface area (Å²) < 4.78 is 0. The van der Waals surface area contributed by atoms with Crippen LogP contribution in [-0.2, 0) is 33.6 Å². The van der Waals surface area contributed by atoms with Crippen LogP contribution in [0.3, 0.4) is 0 Å². The number of carbonyl (C=O) groups is 7. The summed E-state index contributed by atoms with van der Waals surface area (Å²) >= 11 is 0. The molecule has 3 saturated heterocycles. The molecule has 6 amide bonds. The Balaban J connectivity index is 1.56. The van der Waals surface area contributed by atoms with E-state index in [9.17, 15) is 43.8 Å². The summed E-state index contributed by atoms with van der Waals surface area (Å²) in [5.41, 5.74) is 15.8. The third-order valence-electron chi connectivity index (χ3n) is 8.19. The van der Waals surface area contributed by atoms with Gasteiger partial charge in [0, 0.05) is 32.6 Å². The molecule has 0 radical (unpaired) electrons. The van der Waals surface area contributed by atoms with Crippen LogP contribution in [0.1, 0.15) is 44.9 Å². The fourth-order valence-electron chi connectivity index (χ4n) is 5.92. The highest BCUT2D eigenvalue weighted by atomic mass is 16.4. The lowest BCUT2D eigenvalue weighted by Crippen LogP contribution is -2.55. The fraction of sp³-hybridized carbons (Fsp3) is 0.704. The average Bonchev–Trinajstić information content (AvgIpc) is 3.79. The summed E-state index contributed by atoms with van der Waals surface area (Å²) in [6.45, 7) is -0.571. The number of aliphatic hydroxyl groups excluding tert-OH is 1. The molecule has 0 aromatic rings. The van der Waals surface area contributed by atoms with Crippen molar-refractivity contribution in [3.63, 3.8) is 0 Å². The number of hydrogen-bond donors (Lipinski definition) is 8. The molecular weight excluding hydrogens is 608 g/mol. The largest absolute Gasteiger partial charge is 0.480 e. The predicted molar refractivity (Wildman–Crippen MR) is 160 cm³/mol. The molecule has 0 bridgehead atoms. The van der Waals surface area contributed by atoms with E-state index in [1.54, 1.807) is 0 Å². The number of aliphatic imine (C=N–C) groups is 1. The Hall–Kier alpha value is -4.52. The van der Waals surface area contributed by atoms with Gasteiger partial charge in [-0.25, -0.2) is 4.79 Å². The first-order chi connectivity index (χ1) is 21.8. The first-order valence-electron chi connectivity index (χ1n) is 15.2. The average molecular weight is 653 g/mol. The van der Waals surface area contributed by atoms with Gasteiger partial charge in [0.1, 0.15) is 24.2 Å². The molecular formula is C27H44N10O9. The molecule has 0 saturated carbocycles. The Labute approximate surface area is 265 Å². The molecule has 0 aromatic carbocycles. The third kappa shape index (κ3) is 9.49. The van der Waals surface area contributed by atoms with Crippen molar-refractivity contribution in [1.82, 2.24) is 30.7 Å². The van der Waals surface area contributed by atoms with Gasteiger partial charge in [0.15, 0.2) is 5.96 Å². The molecule has 5 atom stereocenters. The van der Waals surface area contributed by atoms with Gasteiger partial charge in [-0.05, 0) is 38.5 Å². The number of hydrogen-bond acceptors (Lipinski definition) is 10. The predicted octanol–water partition coefficient (Wildman–Crippen LogP) is -5.26. The molecule has 11 N–H and O–H groups in total. The summed E-state index contributed by atoms with van der Waals surface area (Å²) in [6.07, 6.45) is 0.947. The van der Waals surface area contributed by atoms with Gasteiger partial charge < -0.3 is 58.1 Å². The second kappa shape index (κ2) is 16.7. The van der Waals surface area contributed by atoms with Crippen molar-refractivity contribution >= 4 is 47.4 Å². The van der Waals surface area contributed by atoms with Crippen molar-refractivity contribution in [2.24, 2.45) is 22.2 Å². The number of carboxylic acid groups (broad SMARTS) is 1. The highest BCUT2D eigenvalue weighted by molar-refractivity contribution is 5.96. The maximum atomic E-state index is 13.5. The highest BCUT2D eigenvalue weighted by Crippen LogP contribution is 2.25. The van der Waals surface area contributed by atoms with Gasteiger partial charge in [0.2, 0.25) is 35.4 Å². The number of nitrogens with zero attached hydrogens (tertiary/aromatic N) is 4. The van der Waals surface area contributed by atoms with Gasteiger partial charge in [-0.2, -0.15) is 0 Å². The second-order valence-corrected chi connectivity index (χ2v) is 11.4. The lowest BCUT2D eigenvalue weighted by molar-refractivity contribution is -0.147. The number of β-amino-alcohol motifs (C(OH)–C–C–N with tert-alkyl or cyclic N) is 1. The first-order valence-corrected chi connectivity index (χ1v) is 15.2. The Bertz CT molecular complexity index is 1210. The molecule has 3 fully saturated rings. The highest BCUT2D eigenvalue weighted by Gasteiger charge is 2.45. The maximum absolute atomic E-state index is 13.5. The number of rotatable bonds is 14. The topological polar surface area (TPSA) is 296 Å². The Morgan fingerprint density at radius 2 is 1.46 bits per heavy atom. The van der Waals surface area contributed by atoms with E-state index < -0.39 is 78.2 Å². The van der Waals surface area contributed by atoms with Crippen molar-refractivity contribution in [2.45, 2.75) is 75.2 Å². The van der Waals surface area contributed by atoms with E-state index in [4.69, 9.17) is 17.2 Å². The minimum absolute atomic E-state index is 0.0642. The van der Waals surface area contributed by atoms with Gasteiger partial charge in [0.25, 0.3) is 0 Å². The van der Waals surface area contributed by atoms with Gasteiger partial charge >= 0.3 is 5.97 Å². The van der Waals surface area contributed by atoms with Gasteiger partial charge in [-0.15, -0.1) is 0 Å². The van der Waals surface area contributed by atoms with Crippen LogP contribution in [0.4, 0.5) is 0 Å². The molecule has 3 aliphatic heterocycles. The number of nitrogens with one attached hydrogen (secondary N) is 3. The van der Waals surface area contributed by atoms with Gasteiger partial charge in [0.05, 0.1) is 25.7 Å². The molecule has 0 aliphatic carbocycles. The zero-order chi connectivity index (χ0) is 34.0. The van der Waals surface area contributed by atoms with Crippen LogP contribution < -0.4 is 33.2 Å². The molecule has 19 heteroatoms. The smallest absolute Gasteiger partial charge is 0.326 e. The van der Waals surface area contributed by atoms with Crippen molar-refractivity contribution in [3.8, 4) is 0 Å². The van der Waals surface area contributed by atoms with Crippen LogP contribution in [0.2, 0.25) is 0 Å². The molecule has 0 spiro atoms. The molecule has 3 heterocycles. The van der Waals surface area contributed by atoms with Crippen LogP contribution in [0.15, 0.2) is 4.99 Å². The SMILES string of the molecule is NCC(=O)NCC(=O)N1CCC[C@H]1C(=O)N1C[C@H](O)C[C@H]1C(=O)NCC(=O)N1CCC[C@H]1C(=O)N[C@@H](CCCN=C(N)N)C(=O)O. The van der Waals surface area contributed by atoms with E-state index in [0.717, 1.165) is 0 Å². The van der Waals surface area contributed by atoms with Gasteiger partial charge in [-0.3, -0.25) is 33.8 Å². The summed E-state index contributed by atoms with van der Waals surface area (Å²) in [5, 5.41) is 27.2. The molecule has 19 nitrogen and oxygen atoms in total. The number of carbonyl (C=O) groups excluding carboxylic acids is 6. The van der Waals surface area contributed by atoms with Crippen LogP contribution in [0.25, 0.3) is 0 Å². The summed E-state index contributed by atoms with van der Waals surface area (Å²) in [6, 6.07) is -4.13. The quantitative estimate of drug-likeness (QED) is 0.0496. The molecule has 3 rings (SSSR count). The molecule has 256 valence electrons. The molecule has 0 aromatic heterocycles. The third-order valence-corrected chi connectivity index (χ3v) is 8.19. The number of guanidine groups is 1. The van der Waals surface area contributed by atoms with Crippen LogP contribution in [0, 0.1) is 0 Å². The standard InChI is InChI=1S/C27H44N10O9/c28-11-20(39)32-12-21(40)36-9-3-6-18(36)25(44)37-14-15(38)10-19(37)23(42)33-13-22(41)35-8-2-5-17(35)24(43)34-16(26(45)46)4-1-7-31-27(29)30/h15-19,38H,1-14,28H2,(H,32,39)(H,33,42)(H,34,43)(H,45,46)(H4,29,30,31)/t15-,16+,17+,18+,19+/m1/s1. The van der Waals surface area contributed by atoms with Gasteiger partial charge in [-0.1, -0.05) is 0 Å². The number of aliphatic hydroxyl groups is 1. The van der Waals surface area contributed by atoms with Crippen LogP contribution >= 0.6 is 0 Å². The molecule has 46 heavy (non-hydrogen) atoms. The zero-order valence-corrected chi connectivity index (χ0v) is 25.6. The zero-order valence-electron chi connectivity index (χ0n) is 25.6. The molecule has 0 unspecified atom stereocenters. The first kappa shape index (κ1) is 36.0. The summed E-state index contributed by atoms with van der Waals surface area (Å²) in [5.74, 6) is -4.81. The second-order valence-electron chi connectivity index (χ2n) is 11.4. The van der Waals surface area contributed by atoms with Crippen LogP contribution in [0.5, 0.6) is 0 Å². The number of aliphatic carboxylic acids is 1. The summed E-state index contributed by atoms with van der Waals surface area (Å²) in [4.78, 5) is 96.1. The summed E-state index contributed by atoms with van der Waals surface area (Å²) in [7, 11) is 0. The minimum Gasteiger partial charge on any atom is -0.480 e. The van der Waals surface area contributed by atoms with E-state index in [1.165, 1.54) is 14.7 Å². The normalized spacial score (nSPS) is 23.0. The number of amides is 6. The van der Waals surface area contributed by atoms with E-state index in [2.05, 4.69) is 20.9 Å². The maximum Gasteiger partial charge on any atom is 0.326 e. The van der Waals surface area contributed by atoms with Crippen molar-refractivity contribution in [3.05, 3.63) is 0 Å². The number of nitrogens with two attached hydrogens (primary N) is 3. The number of likely N-dealkylation sites (tertiary alicyclic amines) is 3. The van der Waals surface area contributed by atoms with Crippen LogP contribution in [-0.4, -0.2) is 148 Å². The van der Waals surface area contributed by atoms with E-state index in [-0.39, 0.29) is 58.1 Å². The van der Waals surface area contributed by atoms with Crippen molar-refractivity contribution in [1.29, 1.82) is 0 Å². The van der Waals surface area contributed by atoms with E-state index in [1.807, 2.05) is 0 Å². The Kier molecular flexibility index (Phi) is 13.0. The number of carboxylic acids is 1. The fourth-order valence-corrected chi connectivity index (χ4v) is 5.92. The Morgan fingerprint density at radius 1 is 0.848 bits per heavy atom. The van der Waals surface area contributed by atoms with E-state index in [0.29, 0.717) is 32.1 Å². The lowest BCUT2D eigenvalue weighted by Gasteiger charge is -2.31. The minimum atomic E-state index is -1.25. The molecule has 3 aliphatic rings. The monoisotopic (exact) mass is 652 g/mol.